The van der Waals surface area contributed by atoms with Crippen molar-refractivity contribution in [1.29, 1.82) is 0 Å². The van der Waals surface area contributed by atoms with Crippen LogP contribution in [0.3, 0.4) is 0 Å². The van der Waals surface area contributed by atoms with Crippen molar-refractivity contribution in [3.05, 3.63) is 28.8 Å². The number of aromatic hydroxyl groups is 1. The predicted octanol–water partition coefficient (Wildman–Crippen LogP) is 1.88. The minimum atomic E-state index is 0.108. The van der Waals surface area contributed by atoms with Crippen molar-refractivity contribution < 1.29 is 5.11 Å². The molecule has 4 heteroatoms. The summed E-state index contributed by atoms with van der Waals surface area (Å²) < 4.78 is 0. The Morgan fingerprint density at radius 1 is 1.33 bits per heavy atom. The van der Waals surface area contributed by atoms with Gasteiger partial charge < -0.3 is 10.8 Å². The Kier molecular flexibility index (Phi) is 3.63. The zero-order chi connectivity index (χ0) is 13.5. The first-order valence-corrected chi connectivity index (χ1v) is 7.13. The number of nitrogens with two attached hydrogens (primary N) is 1. The zero-order valence-corrected chi connectivity index (χ0v) is 12.3. The van der Waals surface area contributed by atoms with Crippen LogP contribution in [0.2, 0.25) is 0 Å². The third kappa shape index (κ3) is 2.25. The van der Waals surface area contributed by atoms with E-state index in [4.69, 9.17) is 5.73 Å². The number of rotatable bonds is 4. The second-order valence-electron chi connectivity index (χ2n) is 5.31. The Morgan fingerprint density at radius 3 is 2.28 bits per heavy atom. The van der Waals surface area contributed by atoms with Crippen LogP contribution in [-0.2, 0) is 6.42 Å². The van der Waals surface area contributed by atoms with Gasteiger partial charge in [0, 0.05) is 11.8 Å². The Morgan fingerprint density at radius 2 is 1.89 bits per heavy atom. The Hall–Kier alpha value is -0.710. The van der Waals surface area contributed by atoms with E-state index in [1.165, 1.54) is 16.7 Å². The van der Waals surface area contributed by atoms with Crippen LogP contribution in [0, 0.1) is 13.8 Å². The third-order valence-electron chi connectivity index (χ3n) is 3.91. The van der Waals surface area contributed by atoms with Crippen molar-refractivity contribution >= 4 is 11.8 Å². The number of hydrogen-bond acceptors (Lipinski definition) is 4. The van der Waals surface area contributed by atoms with Gasteiger partial charge in [0.15, 0.2) is 0 Å². The van der Waals surface area contributed by atoms with Crippen LogP contribution >= 0.6 is 11.8 Å². The van der Waals surface area contributed by atoms with E-state index < -0.39 is 0 Å². The van der Waals surface area contributed by atoms with Crippen molar-refractivity contribution in [2.24, 2.45) is 5.73 Å². The molecule has 100 valence electrons. The molecular weight excluding hydrogens is 244 g/mol. The number of hydrogen-bond donors (Lipinski definition) is 2. The van der Waals surface area contributed by atoms with E-state index in [0.29, 0.717) is 17.5 Å². The van der Waals surface area contributed by atoms with Crippen molar-refractivity contribution in [2.75, 3.05) is 20.6 Å². The van der Waals surface area contributed by atoms with Gasteiger partial charge in [-0.15, -0.1) is 11.8 Å². The quantitative estimate of drug-likeness (QED) is 0.817. The summed E-state index contributed by atoms with van der Waals surface area (Å²) in [6, 6.07) is 3.68. The molecule has 1 aromatic rings. The smallest absolute Gasteiger partial charge is 0.116 e. The van der Waals surface area contributed by atoms with Gasteiger partial charge in [-0.2, -0.15) is 0 Å². The van der Waals surface area contributed by atoms with Gasteiger partial charge in [0.2, 0.25) is 0 Å². The van der Waals surface area contributed by atoms with E-state index in [1.807, 2.05) is 23.9 Å². The molecule has 0 saturated carbocycles. The Balaban J connectivity index is 2.18. The van der Waals surface area contributed by atoms with Gasteiger partial charge in [-0.25, -0.2) is 0 Å². The molecule has 3 nitrogen and oxygen atoms in total. The highest BCUT2D eigenvalue weighted by Crippen LogP contribution is 2.55. The van der Waals surface area contributed by atoms with Gasteiger partial charge in [-0.05, 0) is 63.2 Å². The summed E-state index contributed by atoms with van der Waals surface area (Å²) in [5, 5.41) is 10.1. The van der Waals surface area contributed by atoms with E-state index >= 15 is 0 Å². The lowest BCUT2D eigenvalue weighted by atomic mass is 9.96. The molecular formula is C14H22N2OS. The molecule has 0 spiro atoms. The highest BCUT2D eigenvalue weighted by Gasteiger charge is 2.56. The minimum absolute atomic E-state index is 0.108. The molecule has 0 aromatic heterocycles. The molecule has 0 aliphatic carbocycles. The molecule has 2 atom stereocenters. The molecule has 0 radical (unpaired) electrons. The maximum absolute atomic E-state index is 9.57. The van der Waals surface area contributed by atoms with Gasteiger partial charge >= 0.3 is 0 Å². The summed E-state index contributed by atoms with van der Waals surface area (Å²) >= 11 is 1.95. The van der Waals surface area contributed by atoms with Crippen LogP contribution in [0.1, 0.15) is 16.7 Å². The fraction of sp³-hybridized carbons (Fsp3) is 0.571. The molecule has 1 aromatic carbocycles. The predicted molar refractivity (Wildman–Crippen MR) is 78.1 cm³/mol. The van der Waals surface area contributed by atoms with Gasteiger partial charge in [-0.1, -0.05) is 0 Å². The van der Waals surface area contributed by atoms with E-state index in [-0.39, 0.29) is 4.87 Å². The lowest BCUT2D eigenvalue weighted by Gasteiger charge is -2.22. The summed E-state index contributed by atoms with van der Waals surface area (Å²) in [6.07, 6.45) is 1.03. The number of nitrogens with zero attached hydrogens (tertiary/aromatic N) is 1. The molecule has 2 rings (SSSR count). The molecule has 1 fully saturated rings. The first-order chi connectivity index (χ1) is 8.40. The minimum Gasteiger partial charge on any atom is -0.508 e. The fourth-order valence-electron chi connectivity index (χ4n) is 2.65. The van der Waals surface area contributed by atoms with Gasteiger partial charge in [-0.3, -0.25) is 4.90 Å². The SMILES string of the molecule is Cc1cc(O)cc(C)c1CC1S[C@@]1(CN)N(C)C. The van der Waals surface area contributed by atoms with Crippen LogP contribution < -0.4 is 5.73 Å². The van der Waals surface area contributed by atoms with E-state index in [9.17, 15) is 5.11 Å². The lowest BCUT2D eigenvalue weighted by molar-refractivity contribution is 0.294. The number of likely N-dealkylation sites (N-methyl/N-ethyl adjacent to an activating group) is 1. The molecule has 1 saturated heterocycles. The molecule has 1 aliphatic rings. The largest absolute Gasteiger partial charge is 0.508 e. The van der Waals surface area contributed by atoms with Crippen molar-refractivity contribution in [3.63, 3.8) is 0 Å². The zero-order valence-electron chi connectivity index (χ0n) is 11.5. The first kappa shape index (κ1) is 13.7. The van der Waals surface area contributed by atoms with Crippen LogP contribution in [-0.4, -0.2) is 40.8 Å². The summed E-state index contributed by atoms with van der Waals surface area (Å²) in [5.74, 6) is 0.356. The fourth-order valence-corrected chi connectivity index (χ4v) is 4.02. The molecule has 3 N–H and O–H groups in total. The molecule has 0 amide bonds. The van der Waals surface area contributed by atoms with Crippen LogP contribution in [0.15, 0.2) is 12.1 Å². The van der Waals surface area contributed by atoms with Crippen LogP contribution in [0.4, 0.5) is 0 Å². The second-order valence-corrected chi connectivity index (χ2v) is 6.82. The monoisotopic (exact) mass is 266 g/mol. The lowest BCUT2D eigenvalue weighted by Crippen LogP contribution is -2.40. The van der Waals surface area contributed by atoms with E-state index in [1.54, 1.807) is 0 Å². The standard InChI is InChI=1S/C14H22N2OS/c1-9-5-11(17)6-10(2)12(9)7-13-14(8-15,18-13)16(3)4/h5-6,13,17H,7-8,15H2,1-4H3/t13?,14-/m1/s1. The first-order valence-electron chi connectivity index (χ1n) is 6.25. The summed E-state index contributed by atoms with van der Waals surface area (Å²) in [6.45, 7) is 4.81. The second kappa shape index (κ2) is 4.76. The molecule has 1 aliphatic heterocycles. The summed E-state index contributed by atoms with van der Waals surface area (Å²) in [4.78, 5) is 2.34. The number of thioether (sulfide) groups is 1. The van der Waals surface area contributed by atoms with Crippen LogP contribution in [0.25, 0.3) is 0 Å². The van der Waals surface area contributed by atoms with Crippen LogP contribution in [0.5, 0.6) is 5.75 Å². The number of phenols is 1. The highest BCUT2D eigenvalue weighted by atomic mass is 32.2. The van der Waals surface area contributed by atoms with Gasteiger partial charge in [0.1, 0.15) is 5.75 Å². The summed E-state index contributed by atoms with van der Waals surface area (Å²) in [7, 11) is 4.19. The van der Waals surface area contributed by atoms with Crippen molar-refractivity contribution in [2.45, 2.75) is 30.4 Å². The Bertz CT molecular complexity index is 438. The maximum atomic E-state index is 9.57. The summed E-state index contributed by atoms with van der Waals surface area (Å²) in [5.41, 5.74) is 9.60. The number of aryl methyl sites for hydroxylation is 2. The van der Waals surface area contributed by atoms with Gasteiger partial charge in [0.25, 0.3) is 0 Å². The molecule has 1 heterocycles. The van der Waals surface area contributed by atoms with E-state index in [2.05, 4.69) is 32.8 Å². The normalized spacial score (nSPS) is 26.7. The third-order valence-corrected chi connectivity index (χ3v) is 5.72. The van der Waals surface area contributed by atoms with Crippen molar-refractivity contribution in [1.82, 2.24) is 4.90 Å². The average molecular weight is 266 g/mol. The molecule has 18 heavy (non-hydrogen) atoms. The molecule has 0 bridgehead atoms. The number of benzene rings is 1. The number of phenolic OH excluding ortho intramolecular Hbond substituents is 1. The topological polar surface area (TPSA) is 49.5 Å². The highest BCUT2D eigenvalue weighted by molar-refractivity contribution is 8.08. The van der Waals surface area contributed by atoms with Crippen molar-refractivity contribution in [3.8, 4) is 5.75 Å². The van der Waals surface area contributed by atoms with E-state index in [0.717, 1.165) is 6.42 Å². The average Bonchev–Trinajstić information content (AvgIpc) is 2.98. The molecule has 1 unspecified atom stereocenters. The Labute approximate surface area is 113 Å². The maximum Gasteiger partial charge on any atom is 0.116 e. The van der Waals surface area contributed by atoms with Gasteiger partial charge in [0.05, 0.1) is 4.87 Å².